The zero-order valence-corrected chi connectivity index (χ0v) is 22.3. The van der Waals surface area contributed by atoms with Crippen LogP contribution in [0.4, 0.5) is 10.6 Å². The Kier molecular flexibility index (Phi) is 9.18. The number of likely N-dealkylation sites (tertiary alicyclic amines) is 1. The SMILES string of the molecule is O=C(C=Cc1ccc(N(C(=O)O)[C@@H]2CCN(C(c3ccccc3)c3ccccc3)C2)nc1)NOC1CCCCO1. The second-order valence-electron chi connectivity index (χ2n) is 9.98. The summed E-state index contributed by atoms with van der Waals surface area (Å²) in [6.45, 7) is 1.96. The molecule has 3 aromatic rings. The van der Waals surface area contributed by atoms with Crippen LogP contribution in [0.15, 0.2) is 85.1 Å². The average Bonchev–Trinajstić information content (AvgIpc) is 3.46. The van der Waals surface area contributed by atoms with Crippen molar-refractivity contribution in [2.75, 3.05) is 24.6 Å². The summed E-state index contributed by atoms with van der Waals surface area (Å²) >= 11 is 0. The van der Waals surface area contributed by atoms with Crippen LogP contribution in [0, 0.1) is 0 Å². The monoisotopic (exact) mass is 542 g/mol. The van der Waals surface area contributed by atoms with E-state index in [0.29, 0.717) is 31.0 Å². The minimum Gasteiger partial charge on any atom is -0.465 e. The summed E-state index contributed by atoms with van der Waals surface area (Å²) in [7, 11) is 0. The van der Waals surface area contributed by atoms with Crippen molar-refractivity contribution in [1.29, 1.82) is 0 Å². The van der Waals surface area contributed by atoms with E-state index in [2.05, 4.69) is 39.6 Å². The zero-order valence-electron chi connectivity index (χ0n) is 22.3. The summed E-state index contributed by atoms with van der Waals surface area (Å²) < 4.78 is 5.43. The summed E-state index contributed by atoms with van der Waals surface area (Å²) in [4.78, 5) is 37.9. The second kappa shape index (κ2) is 13.3. The van der Waals surface area contributed by atoms with Crippen LogP contribution in [0.5, 0.6) is 0 Å². The maximum Gasteiger partial charge on any atom is 0.413 e. The van der Waals surface area contributed by atoms with E-state index in [1.54, 1.807) is 24.4 Å². The van der Waals surface area contributed by atoms with Crippen molar-refractivity contribution in [2.45, 2.75) is 44.1 Å². The van der Waals surface area contributed by atoms with E-state index in [-0.39, 0.29) is 12.1 Å². The van der Waals surface area contributed by atoms with E-state index in [1.807, 2.05) is 36.4 Å². The predicted octanol–water partition coefficient (Wildman–Crippen LogP) is 5.02. The number of carbonyl (C=O) groups is 2. The molecule has 2 saturated heterocycles. The number of aromatic nitrogens is 1. The third kappa shape index (κ3) is 6.93. The van der Waals surface area contributed by atoms with E-state index >= 15 is 0 Å². The average molecular weight is 543 g/mol. The van der Waals surface area contributed by atoms with Gasteiger partial charge in [0.2, 0.25) is 0 Å². The lowest BCUT2D eigenvalue weighted by molar-refractivity contribution is -0.198. The first-order valence-electron chi connectivity index (χ1n) is 13.7. The Morgan fingerprint density at radius 2 is 1.75 bits per heavy atom. The first kappa shape index (κ1) is 27.5. The molecule has 2 aliphatic heterocycles. The van der Waals surface area contributed by atoms with E-state index in [0.717, 1.165) is 25.8 Å². The maximum atomic E-state index is 12.4. The van der Waals surface area contributed by atoms with Gasteiger partial charge in [0.05, 0.1) is 12.1 Å². The number of benzene rings is 2. The van der Waals surface area contributed by atoms with Gasteiger partial charge in [-0.05, 0) is 54.2 Å². The number of amides is 2. The summed E-state index contributed by atoms with van der Waals surface area (Å²) in [6.07, 6.45) is 6.48. The Hall–Kier alpha value is -4.05. The first-order chi connectivity index (χ1) is 19.6. The third-order valence-corrected chi connectivity index (χ3v) is 7.24. The Morgan fingerprint density at radius 3 is 2.35 bits per heavy atom. The van der Waals surface area contributed by atoms with Gasteiger partial charge in [-0.15, -0.1) is 0 Å². The van der Waals surface area contributed by atoms with Crippen molar-refractivity contribution in [3.05, 3.63) is 102 Å². The number of hydroxylamine groups is 1. The molecule has 5 rings (SSSR count). The Labute approximate surface area is 234 Å². The molecule has 208 valence electrons. The van der Waals surface area contributed by atoms with Gasteiger partial charge in [-0.1, -0.05) is 60.7 Å². The summed E-state index contributed by atoms with van der Waals surface area (Å²) in [6, 6.07) is 23.8. The number of carboxylic acid groups (broad SMARTS) is 1. The number of carbonyl (C=O) groups excluding carboxylic acids is 1. The van der Waals surface area contributed by atoms with Gasteiger partial charge in [-0.3, -0.25) is 14.6 Å². The van der Waals surface area contributed by atoms with Crippen LogP contribution in [-0.2, 0) is 14.4 Å². The summed E-state index contributed by atoms with van der Waals surface area (Å²) in [5, 5.41) is 10.1. The molecule has 2 amide bonds. The number of hydrogen-bond donors (Lipinski definition) is 2. The highest BCUT2D eigenvalue weighted by molar-refractivity contribution is 5.91. The molecule has 2 aliphatic rings. The molecular weight excluding hydrogens is 508 g/mol. The Bertz CT molecular complexity index is 1240. The number of hydrogen-bond acceptors (Lipinski definition) is 6. The van der Waals surface area contributed by atoms with Gasteiger partial charge in [0.25, 0.3) is 5.91 Å². The molecule has 1 aromatic heterocycles. The van der Waals surface area contributed by atoms with Crippen LogP contribution in [0.1, 0.15) is 48.4 Å². The van der Waals surface area contributed by atoms with Crippen molar-refractivity contribution in [1.82, 2.24) is 15.4 Å². The highest BCUT2D eigenvalue weighted by Crippen LogP contribution is 2.33. The number of anilines is 1. The van der Waals surface area contributed by atoms with Gasteiger partial charge in [-0.25, -0.2) is 20.1 Å². The largest absolute Gasteiger partial charge is 0.465 e. The van der Waals surface area contributed by atoms with Crippen molar-refractivity contribution < 1.29 is 24.3 Å². The number of ether oxygens (including phenoxy) is 1. The lowest BCUT2D eigenvalue weighted by Crippen LogP contribution is -2.42. The van der Waals surface area contributed by atoms with Crippen LogP contribution < -0.4 is 10.4 Å². The number of rotatable bonds is 9. The molecule has 9 nitrogen and oxygen atoms in total. The predicted molar refractivity (Wildman–Crippen MR) is 151 cm³/mol. The Morgan fingerprint density at radius 1 is 1.02 bits per heavy atom. The van der Waals surface area contributed by atoms with Gasteiger partial charge in [0.15, 0.2) is 6.29 Å². The van der Waals surface area contributed by atoms with Crippen LogP contribution in [-0.4, -0.2) is 59.0 Å². The van der Waals surface area contributed by atoms with Crippen LogP contribution >= 0.6 is 0 Å². The molecule has 0 radical (unpaired) electrons. The van der Waals surface area contributed by atoms with Gasteiger partial charge in [0.1, 0.15) is 5.82 Å². The minimum absolute atomic E-state index is 0.0309. The fourth-order valence-corrected chi connectivity index (χ4v) is 5.31. The lowest BCUT2D eigenvalue weighted by Gasteiger charge is -2.30. The second-order valence-corrected chi connectivity index (χ2v) is 9.98. The number of nitrogens with one attached hydrogen (secondary N) is 1. The molecule has 0 spiro atoms. The molecule has 1 unspecified atom stereocenters. The van der Waals surface area contributed by atoms with Crippen LogP contribution in [0.3, 0.4) is 0 Å². The van der Waals surface area contributed by atoms with Gasteiger partial charge < -0.3 is 9.84 Å². The van der Waals surface area contributed by atoms with Crippen LogP contribution in [0.25, 0.3) is 6.08 Å². The fraction of sp³-hybridized carbons (Fsp3) is 0.323. The highest BCUT2D eigenvalue weighted by Gasteiger charge is 2.36. The molecule has 0 bridgehead atoms. The molecule has 2 N–H and O–H groups in total. The van der Waals surface area contributed by atoms with Crippen molar-refractivity contribution in [3.8, 4) is 0 Å². The van der Waals surface area contributed by atoms with E-state index in [4.69, 9.17) is 9.57 Å². The first-order valence-corrected chi connectivity index (χ1v) is 13.7. The fourth-order valence-electron chi connectivity index (χ4n) is 5.31. The molecule has 40 heavy (non-hydrogen) atoms. The number of nitrogens with zero attached hydrogens (tertiary/aromatic N) is 3. The smallest absolute Gasteiger partial charge is 0.413 e. The van der Waals surface area contributed by atoms with E-state index < -0.39 is 18.3 Å². The zero-order chi connectivity index (χ0) is 27.7. The molecule has 2 atom stereocenters. The normalized spacial score (nSPS) is 19.6. The van der Waals surface area contributed by atoms with E-state index in [1.165, 1.54) is 22.1 Å². The van der Waals surface area contributed by atoms with Gasteiger partial charge >= 0.3 is 6.09 Å². The highest BCUT2D eigenvalue weighted by atomic mass is 16.8. The van der Waals surface area contributed by atoms with Gasteiger partial charge in [0, 0.05) is 38.4 Å². The molecule has 2 aromatic carbocycles. The number of pyridine rings is 1. The Balaban J connectivity index is 1.24. The van der Waals surface area contributed by atoms with Crippen LogP contribution in [0.2, 0.25) is 0 Å². The molecule has 0 saturated carbocycles. The molecule has 2 fully saturated rings. The topological polar surface area (TPSA) is 104 Å². The molecule has 0 aliphatic carbocycles. The standard InChI is InChI=1S/C31H34N4O5/c36-28(33-40-29-13-7-8-20-39-29)17-15-23-14-16-27(32-21-23)35(31(37)38)26-18-19-34(22-26)30(24-9-3-1-4-10-24)25-11-5-2-6-12-25/h1-6,9-12,14-17,21,26,29-30H,7-8,13,18-20,22H2,(H,33,36)(H,37,38)/t26-,29?/m1/s1. The van der Waals surface area contributed by atoms with Crippen molar-refractivity contribution >= 4 is 23.9 Å². The quantitative estimate of drug-likeness (QED) is 0.289. The summed E-state index contributed by atoms with van der Waals surface area (Å²) in [5.74, 6) is -0.0578. The molecule has 9 heteroatoms. The van der Waals surface area contributed by atoms with Crippen molar-refractivity contribution in [3.63, 3.8) is 0 Å². The van der Waals surface area contributed by atoms with Gasteiger partial charge in [-0.2, -0.15) is 0 Å². The maximum absolute atomic E-state index is 12.4. The molecule has 3 heterocycles. The minimum atomic E-state index is -1.04. The third-order valence-electron chi connectivity index (χ3n) is 7.24. The lowest BCUT2D eigenvalue weighted by atomic mass is 9.97. The van der Waals surface area contributed by atoms with Crippen molar-refractivity contribution in [2.24, 2.45) is 0 Å². The molecular formula is C31H34N4O5. The summed E-state index contributed by atoms with van der Waals surface area (Å²) in [5.41, 5.74) is 5.39. The van der Waals surface area contributed by atoms with E-state index in [9.17, 15) is 14.7 Å².